The maximum atomic E-state index is 4.41. The summed E-state index contributed by atoms with van der Waals surface area (Å²) in [6, 6.07) is 0. The highest BCUT2D eigenvalue weighted by Gasteiger charge is 2.38. The van der Waals surface area contributed by atoms with Gasteiger partial charge in [-0.3, -0.25) is 4.68 Å². The van der Waals surface area contributed by atoms with E-state index in [2.05, 4.69) is 48.3 Å². The van der Waals surface area contributed by atoms with Crippen LogP contribution in [-0.4, -0.2) is 22.9 Å². The number of nitrogens with one attached hydrogen (secondary N) is 1. The van der Waals surface area contributed by atoms with Gasteiger partial charge in [-0.25, -0.2) is 0 Å². The Morgan fingerprint density at radius 1 is 1.53 bits per heavy atom. The maximum Gasteiger partial charge on any atom is 0.0524 e. The summed E-state index contributed by atoms with van der Waals surface area (Å²) in [5.74, 6) is 2.35. The first-order chi connectivity index (χ1) is 8.20. The van der Waals surface area contributed by atoms with E-state index >= 15 is 0 Å². The summed E-state index contributed by atoms with van der Waals surface area (Å²) in [4.78, 5) is 0. The SMILES string of the molecule is CCCn1cc(C2CC2CNCC(C)C)cn1. The van der Waals surface area contributed by atoms with E-state index in [1.54, 1.807) is 0 Å². The van der Waals surface area contributed by atoms with Crippen molar-refractivity contribution in [3.63, 3.8) is 0 Å². The first-order valence-corrected chi connectivity index (χ1v) is 6.93. The number of hydrogen-bond acceptors (Lipinski definition) is 2. The molecule has 2 atom stereocenters. The van der Waals surface area contributed by atoms with Gasteiger partial charge in [0.2, 0.25) is 0 Å². The van der Waals surface area contributed by atoms with Gasteiger partial charge in [-0.05, 0) is 49.2 Å². The lowest BCUT2D eigenvalue weighted by molar-refractivity contribution is 0.532. The van der Waals surface area contributed by atoms with Crippen LogP contribution in [0.2, 0.25) is 0 Å². The molecule has 0 amide bonds. The average Bonchev–Trinajstić information content (AvgIpc) is 2.89. The molecule has 2 unspecified atom stereocenters. The van der Waals surface area contributed by atoms with Gasteiger partial charge < -0.3 is 5.32 Å². The number of nitrogens with zero attached hydrogens (tertiary/aromatic N) is 2. The topological polar surface area (TPSA) is 29.9 Å². The Balaban J connectivity index is 1.73. The highest BCUT2D eigenvalue weighted by molar-refractivity contribution is 5.20. The van der Waals surface area contributed by atoms with Crippen molar-refractivity contribution in [2.75, 3.05) is 13.1 Å². The summed E-state index contributed by atoms with van der Waals surface area (Å²) in [5.41, 5.74) is 1.44. The molecule has 1 aromatic heterocycles. The van der Waals surface area contributed by atoms with Gasteiger partial charge in [0.05, 0.1) is 6.20 Å². The van der Waals surface area contributed by atoms with Crippen LogP contribution in [0.1, 0.15) is 45.1 Å². The van der Waals surface area contributed by atoms with Crippen LogP contribution < -0.4 is 5.32 Å². The van der Waals surface area contributed by atoms with E-state index in [9.17, 15) is 0 Å². The molecule has 1 N–H and O–H groups in total. The second-order valence-electron chi connectivity index (χ2n) is 5.69. The molecule has 3 heteroatoms. The fourth-order valence-corrected chi connectivity index (χ4v) is 2.36. The average molecular weight is 235 g/mol. The Labute approximate surface area is 105 Å². The van der Waals surface area contributed by atoms with Crippen LogP contribution in [0.5, 0.6) is 0 Å². The predicted octanol–water partition coefficient (Wildman–Crippen LogP) is 2.64. The molecule has 1 aromatic rings. The zero-order valence-corrected chi connectivity index (χ0v) is 11.3. The second-order valence-corrected chi connectivity index (χ2v) is 5.69. The van der Waals surface area contributed by atoms with Crippen LogP contribution in [0, 0.1) is 11.8 Å². The summed E-state index contributed by atoms with van der Waals surface area (Å²) in [7, 11) is 0. The molecular formula is C14H25N3. The van der Waals surface area contributed by atoms with Crippen LogP contribution in [0.3, 0.4) is 0 Å². The van der Waals surface area contributed by atoms with Crippen molar-refractivity contribution >= 4 is 0 Å². The van der Waals surface area contributed by atoms with Gasteiger partial charge in [-0.15, -0.1) is 0 Å². The number of aromatic nitrogens is 2. The van der Waals surface area contributed by atoms with Crippen molar-refractivity contribution in [3.8, 4) is 0 Å². The Kier molecular flexibility index (Phi) is 4.21. The van der Waals surface area contributed by atoms with Crippen LogP contribution in [-0.2, 0) is 6.54 Å². The van der Waals surface area contributed by atoms with Gasteiger partial charge in [0.25, 0.3) is 0 Å². The smallest absolute Gasteiger partial charge is 0.0524 e. The minimum atomic E-state index is 0.750. The third-order valence-corrected chi connectivity index (χ3v) is 3.42. The Morgan fingerprint density at radius 3 is 3.06 bits per heavy atom. The molecule has 1 heterocycles. The molecule has 0 spiro atoms. The van der Waals surface area contributed by atoms with Gasteiger partial charge in [-0.1, -0.05) is 20.8 Å². The zero-order chi connectivity index (χ0) is 12.3. The van der Waals surface area contributed by atoms with Crippen LogP contribution in [0.25, 0.3) is 0 Å². The van der Waals surface area contributed by atoms with Crippen LogP contribution in [0.15, 0.2) is 12.4 Å². The van der Waals surface area contributed by atoms with Crippen molar-refractivity contribution in [2.24, 2.45) is 11.8 Å². The summed E-state index contributed by atoms with van der Waals surface area (Å²) in [5, 5.41) is 7.96. The summed E-state index contributed by atoms with van der Waals surface area (Å²) in [6.07, 6.45) is 6.79. The van der Waals surface area contributed by atoms with Gasteiger partial charge >= 0.3 is 0 Å². The third-order valence-electron chi connectivity index (χ3n) is 3.42. The first kappa shape index (κ1) is 12.6. The molecule has 3 nitrogen and oxygen atoms in total. The molecule has 96 valence electrons. The zero-order valence-electron chi connectivity index (χ0n) is 11.3. The van der Waals surface area contributed by atoms with E-state index in [4.69, 9.17) is 0 Å². The van der Waals surface area contributed by atoms with Crippen LogP contribution in [0.4, 0.5) is 0 Å². The molecule has 1 fully saturated rings. The number of rotatable bonds is 7. The largest absolute Gasteiger partial charge is 0.316 e. The summed E-state index contributed by atoms with van der Waals surface area (Å²) in [6.45, 7) is 10.1. The van der Waals surface area contributed by atoms with E-state index in [0.717, 1.165) is 37.3 Å². The second kappa shape index (κ2) is 5.67. The fourth-order valence-electron chi connectivity index (χ4n) is 2.36. The highest BCUT2D eigenvalue weighted by Crippen LogP contribution is 2.46. The van der Waals surface area contributed by atoms with E-state index in [1.807, 2.05) is 0 Å². The molecule has 2 rings (SSSR count). The highest BCUT2D eigenvalue weighted by atomic mass is 15.3. The van der Waals surface area contributed by atoms with Crippen molar-refractivity contribution in [3.05, 3.63) is 18.0 Å². The fraction of sp³-hybridized carbons (Fsp3) is 0.786. The van der Waals surface area contributed by atoms with Gasteiger partial charge in [0.15, 0.2) is 0 Å². The number of hydrogen-bond donors (Lipinski definition) is 1. The minimum Gasteiger partial charge on any atom is -0.316 e. The van der Waals surface area contributed by atoms with E-state index in [-0.39, 0.29) is 0 Å². The molecule has 0 radical (unpaired) electrons. The normalized spacial score (nSPS) is 23.3. The van der Waals surface area contributed by atoms with Crippen molar-refractivity contribution in [1.29, 1.82) is 0 Å². The van der Waals surface area contributed by atoms with E-state index in [1.165, 1.54) is 18.5 Å². The number of aryl methyl sites for hydroxylation is 1. The maximum absolute atomic E-state index is 4.41. The minimum absolute atomic E-state index is 0.750. The monoisotopic (exact) mass is 235 g/mol. The van der Waals surface area contributed by atoms with Crippen LogP contribution >= 0.6 is 0 Å². The molecular weight excluding hydrogens is 210 g/mol. The lowest BCUT2D eigenvalue weighted by atomic mass is 10.2. The van der Waals surface area contributed by atoms with Crippen molar-refractivity contribution in [2.45, 2.75) is 46.1 Å². The Bertz CT molecular complexity index is 343. The molecule has 1 aliphatic carbocycles. The Morgan fingerprint density at radius 2 is 2.35 bits per heavy atom. The van der Waals surface area contributed by atoms with Crippen molar-refractivity contribution in [1.82, 2.24) is 15.1 Å². The van der Waals surface area contributed by atoms with E-state index in [0.29, 0.717) is 0 Å². The quantitative estimate of drug-likeness (QED) is 0.787. The van der Waals surface area contributed by atoms with E-state index < -0.39 is 0 Å². The lowest BCUT2D eigenvalue weighted by Gasteiger charge is -2.06. The van der Waals surface area contributed by atoms with Gasteiger partial charge in [-0.2, -0.15) is 5.10 Å². The standard InChI is InChI=1S/C14H25N3/c1-4-5-17-10-13(9-16-17)14-6-12(14)8-15-7-11(2)3/h9-12,14-15H,4-8H2,1-3H3. The molecule has 0 bridgehead atoms. The molecule has 0 aromatic carbocycles. The lowest BCUT2D eigenvalue weighted by Crippen LogP contribution is -2.22. The van der Waals surface area contributed by atoms with Crippen molar-refractivity contribution < 1.29 is 0 Å². The molecule has 1 saturated carbocycles. The molecule has 1 aliphatic rings. The molecule has 0 aliphatic heterocycles. The summed E-state index contributed by atoms with van der Waals surface area (Å²) >= 11 is 0. The van der Waals surface area contributed by atoms with Gasteiger partial charge in [0, 0.05) is 12.7 Å². The molecule has 0 saturated heterocycles. The van der Waals surface area contributed by atoms with Gasteiger partial charge in [0.1, 0.15) is 0 Å². The summed E-state index contributed by atoms with van der Waals surface area (Å²) < 4.78 is 2.08. The molecule has 17 heavy (non-hydrogen) atoms. The Hall–Kier alpha value is -0.830. The third kappa shape index (κ3) is 3.56. The predicted molar refractivity (Wildman–Crippen MR) is 71.1 cm³/mol. The first-order valence-electron chi connectivity index (χ1n) is 6.93.